The minimum atomic E-state index is -0.130. The summed E-state index contributed by atoms with van der Waals surface area (Å²) < 4.78 is 6.43. The molecule has 5 nitrogen and oxygen atoms in total. The van der Waals surface area contributed by atoms with Crippen molar-refractivity contribution in [3.8, 4) is 0 Å². The largest absolute Gasteiger partial charge is 0.469 e. The summed E-state index contributed by atoms with van der Waals surface area (Å²) in [6.45, 7) is 3.07. The number of pyridine rings is 1. The molecule has 0 bridgehead atoms. The second-order valence-corrected chi connectivity index (χ2v) is 4.54. The van der Waals surface area contributed by atoms with Crippen molar-refractivity contribution in [1.82, 2.24) is 9.47 Å². The molecule has 2 heterocycles. The number of esters is 1. The lowest BCUT2D eigenvalue weighted by Gasteiger charge is -2.16. The highest BCUT2D eigenvalue weighted by Gasteiger charge is 2.28. The molecule has 0 aromatic carbocycles. The number of rotatable bonds is 4. The number of carbonyl (C=O) groups excluding carboxylic acids is 1. The van der Waals surface area contributed by atoms with Crippen LogP contribution in [0.1, 0.15) is 6.42 Å². The molecule has 0 amide bonds. The maximum absolute atomic E-state index is 11.5. The van der Waals surface area contributed by atoms with Crippen LogP contribution in [-0.4, -0.2) is 42.2 Å². The van der Waals surface area contributed by atoms with E-state index in [0.717, 1.165) is 26.1 Å². The molecule has 5 heteroatoms. The highest BCUT2D eigenvalue weighted by molar-refractivity contribution is 5.72. The van der Waals surface area contributed by atoms with Crippen molar-refractivity contribution in [2.24, 2.45) is 5.92 Å². The van der Waals surface area contributed by atoms with Crippen molar-refractivity contribution in [3.05, 3.63) is 34.7 Å². The van der Waals surface area contributed by atoms with Crippen LogP contribution in [0, 0.1) is 5.92 Å². The fraction of sp³-hybridized carbons (Fsp3) is 0.538. The third kappa shape index (κ3) is 2.98. The van der Waals surface area contributed by atoms with Gasteiger partial charge in [-0.25, -0.2) is 0 Å². The van der Waals surface area contributed by atoms with Crippen molar-refractivity contribution in [2.75, 3.05) is 26.7 Å². The van der Waals surface area contributed by atoms with Crippen LogP contribution in [0.5, 0.6) is 0 Å². The molecule has 2 rings (SSSR count). The fourth-order valence-electron chi connectivity index (χ4n) is 2.29. The van der Waals surface area contributed by atoms with E-state index in [1.54, 1.807) is 22.9 Å². The molecule has 1 aromatic heterocycles. The maximum atomic E-state index is 11.5. The summed E-state index contributed by atoms with van der Waals surface area (Å²) in [6.07, 6.45) is 2.63. The predicted molar refractivity (Wildman–Crippen MR) is 67.3 cm³/mol. The molecule has 1 aliphatic heterocycles. The topological polar surface area (TPSA) is 51.5 Å². The molecule has 0 N–H and O–H groups in total. The number of hydrogen-bond acceptors (Lipinski definition) is 4. The summed E-state index contributed by atoms with van der Waals surface area (Å²) in [6, 6.07) is 5.14. The van der Waals surface area contributed by atoms with Crippen molar-refractivity contribution < 1.29 is 9.53 Å². The quantitative estimate of drug-likeness (QED) is 0.723. The van der Waals surface area contributed by atoms with Gasteiger partial charge < -0.3 is 14.2 Å². The molecule has 0 aliphatic carbocycles. The van der Waals surface area contributed by atoms with E-state index in [-0.39, 0.29) is 17.4 Å². The monoisotopic (exact) mass is 250 g/mol. The molecule has 1 aromatic rings. The molecule has 1 atom stereocenters. The second kappa shape index (κ2) is 5.82. The Bertz CT molecular complexity index is 469. The summed E-state index contributed by atoms with van der Waals surface area (Å²) in [4.78, 5) is 25.1. The molecule has 1 fully saturated rings. The van der Waals surface area contributed by atoms with Gasteiger partial charge in [0.2, 0.25) is 0 Å². The van der Waals surface area contributed by atoms with Crippen LogP contribution in [0.15, 0.2) is 29.2 Å². The summed E-state index contributed by atoms with van der Waals surface area (Å²) >= 11 is 0. The Labute approximate surface area is 106 Å². The van der Waals surface area contributed by atoms with Crippen molar-refractivity contribution >= 4 is 5.97 Å². The third-order valence-electron chi connectivity index (χ3n) is 3.36. The van der Waals surface area contributed by atoms with Crippen molar-refractivity contribution in [1.29, 1.82) is 0 Å². The zero-order chi connectivity index (χ0) is 13.0. The van der Waals surface area contributed by atoms with Gasteiger partial charge in [0.05, 0.1) is 13.0 Å². The highest BCUT2D eigenvalue weighted by Crippen LogP contribution is 2.16. The minimum absolute atomic E-state index is 0.0116. The first kappa shape index (κ1) is 12.8. The third-order valence-corrected chi connectivity index (χ3v) is 3.36. The predicted octanol–water partition coefficient (Wildman–Crippen LogP) is 0.343. The van der Waals surface area contributed by atoms with Crippen LogP contribution < -0.4 is 5.56 Å². The fourth-order valence-corrected chi connectivity index (χ4v) is 2.29. The number of nitrogens with zero attached hydrogens (tertiary/aromatic N) is 2. The minimum Gasteiger partial charge on any atom is -0.469 e. The van der Waals surface area contributed by atoms with Crippen molar-refractivity contribution in [2.45, 2.75) is 13.0 Å². The van der Waals surface area contributed by atoms with E-state index in [2.05, 4.69) is 4.90 Å². The van der Waals surface area contributed by atoms with Crippen LogP contribution in [0.4, 0.5) is 0 Å². The summed E-state index contributed by atoms with van der Waals surface area (Å²) in [5.41, 5.74) is 0.0150. The number of methoxy groups -OCH3 is 1. The van der Waals surface area contributed by atoms with E-state index in [0.29, 0.717) is 6.54 Å². The molecule has 0 spiro atoms. The van der Waals surface area contributed by atoms with Gasteiger partial charge in [-0.3, -0.25) is 9.59 Å². The molecule has 18 heavy (non-hydrogen) atoms. The van der Waals surface area contributed by atoms with Gasteiger partial charge in [-0.1, -0.05) is 6.07 Å². The molecule has 1 saturated heterocycles. The van der Waals surface area contributed by atoms with Crippen LogP contribution >= 0.6 is 0 Å². The molecule has 98 valence electrons. The second-order valence-electron chi connectivity index (χ2n) is 4.54. The smallest absolute Gasteiger partial charge is 0.310 e. The van der Waals surface area contributed by atoms with Crippen molar-refractivity contribution in [3.63, 3.8) is 0 Å². The Kier molecular flexibility index (Phi) is 4.15. The number of likely N-dealkylation sites (tertiary alicyclic amines) is 1. The summed E-state index contributed by atoms with van der Waals surface area (Å²) in [5, 5.41) is 0. The SMILES string of the molecule is COC(=O)C1CCN(CCn2ccccc2=O)C1. The van der Waals surface area contributed by atoms with E-state index in [9.17, 15) is 9.59 Å². The molecular weight excluding hydrogens is 232 g/mol. The molecule has 1 aliphatic rings. The summed E-state index contributed by atoms with van der Waals surface area (Å²) in [5.74, 6) is -0.142. The van der Waals surface area contributed by atoms with Gasteiger partial charge in [0.15, 0.2) is 0 Å². The first-order valence-corrected chi connectivity index (χ1v) is 6.16. The average molecular weight is 250 g/mol. The number of carbonyl (C=O) groups is 1. The Hall–Kier alpha value is -1.62. The lowest BCUT2D eigenvalue weighted by molar-refractivity contribution is -0.144. The van der Waals surface area contributed by atoms with E-state index in [4.69, 9.17) is 4.74 Å². The highest BCUT2D eigenvalue weighted by atomic mass is 16.5. The van der Waals surface area contributed by atoms with Crippen LogP contribution in [0.25, 0.3) is 0 Å². The number of ether oxygens (including phenoxy) is 1. The average Bonchev–Trinajstić information content (AvgIpc) is 2.86. The molecule has 0 saturated carbocycles. The standard InChI is InChI=1S/C13H18N2O3/c1-18-13(17)11-5-7-14(10-11)8-9-15-6-3-2-4-12(15)16/h2-4,6,11H,5,7-10H2,1H3. The van der Waals surface area contributed by atoms with Gasteiger partial charge in [-0.15, -0.1) is 0 Å². The number of hydrogen-bond donors (Lipinski definition) is 0. The van der Waals surface area contributed by atoms with Gasteiger partial charge in [0.1, 0.15) is 0 Å². The van der Waals surface area contributed by atoms with Crippen LogP contribution in [0.3, 0.4) is 0 Å². The molecular formula is C13H18N2O3. The lowest BCUT2D eigenvalue weighted by atomic mass is 10.1. The van der Waals surface area contributed by atoms with Gasteiger partial charge in [0.25, 0.3) is 5.56 Å². The van der Waals surface area contributed by atoms with E-state index >= 15 is 0 Å². The van der Waals surface area contributed by atoms with E-state index < -0.39 is 0 Å². The van der Waals surface area contributed by atoms with Gasteiger partial charge in [-0.2, -0.15) is 0 Å². The Balaban J connectivity index is 1.84. The Morgan fingerprint density at radius 3 is 3.00 bits per heavy atom. The van der Waals surface area contributed by atoms with Gasteiger partial charge in [0, 0.05) is 31.9 Å². The first-order chi connectivity index (χ1) is 8.70. The Morgan fingerprint density at radius 1 is 1.44 bits per heavy atom. The summed E-state index contributed by atoms with van der Waals surface area (Å²) in [7, 11) is 1.43. The van der Waals surface area contributed by atoms with Crippen LogP contribution in [0.2, 0.25) is 0 Å². The van der Waals surface area contributed by atoms with E-state index in [1.165, 1.54) is 7.11 Å². The van der Waals surface area contributed by atoms with Crippen LogP contribution in [-0.2, 0) is 16.1 Å². The zero-order valence-corrected chi connectivity index (χ0v) is 10.5. The number of aromatic nitrogens is 1. The Morgan fingerprint density at radius 2 is 2.28 bits per heavy atom. The van der Waals surface area contributed by atoms with Gasteiger partial charge >= 0.3 is 5.97 Å². The molecule has 0 radical (unpaired) electrons. The normalized spacial score (nSPS) is 19.9. The maximum Gasteiger partial charge on any atom is 0.310 e. The zero-order valence-electron chi connectivity index (χ0n) is 10.5. The van der Waals surface area contributed by atoms with E-state index in [1.807, 2.05) is 6.07 Å². The lowest BCUT2D eigenvalue weighted by Crippen LogP contribution is -2.30. The first-order valence-electron chi connectivity index (χ1n) is 6.16. The van der Waals surface area contributed by atoms with Gasteiger partial charge in [-0.05, 0) is 19.0 Å². The molecule has 1 unspecified atom stereocenters.